The molecule has 1 aromatic heterocycles. The molecule has 0 aliphatic carbocycles. The Labute approximate surface area is 138 Å². The van der Waals surface area contributed by atoms with Gasteiger partial charge < -0.3 is 15.4 Å². The third kappa shape index (κ3) is 3.36. The summed E-state index contributed by atoms with van der Waals surface area (Å²) in [5.41, 5.74) is 2.12. The lowest BCUT2D eigenvalue weighted by Crippen LogP contribution is -2.32. The molecule has 0 spiro atoms. The molecule has 0 bridgehead atoms. The number of H-pyrrole nitrogens is 1. The molecule has 23 heavy (non-hydrogen) atoms. The molecular weight excluding hydrogens is 314 g/mol. The van der Waals surface area contributed by atoms with E-state index in [1.165, 1.54) is 0 Å². The second kappa shape index (κ2) is 6.40. The van der Waals surface area contributed by atoms with Crippen molar-refractivity contribution in [1.29, 1.82) is 0 Å². The van der Waals surface area contributed by atoms with Gasteiger partial charge in [-0.15, -0.1) is 0 Å². The fourth-order valence-corrected chi connectivity index (χ4v) is 2.53. The zero-order chi connectivity index (χ0) is 16.4. The molecule has 6 heteroatoms. The van der Waals surface area contributed by atoms with Gasteiger partial charge in [0.15, 0.2) is 6.10 Å². The summed E-state index contributed by atoms with van der Waals surface area (Å²) >= 11 is 5.95. The number of imidazole rings is 1. The van der Waals surface area contributed by atoms with Crippen LogP contribution in [-0.4, -0.2) is 21.0 Å². The molecule has 3 rings (SSSR count). The van der Waals surface area contributed by atoms with Crippen LogP contribution >= 0.6 is 11.6 Å². The monoisotopic (exact) mass is 329 g/mol. The van der Waals surface area contributed by atoms with Crippen LogP contribution in [0.5, 0.6) is 0 Å². The number of hydrogen-bond donors (Lipinski definition) is 3. The molecule has 2 atom stereocenters. The maximum absolute atomic E-state index is 12.2. The van der Waals surface area contributed by atoms with E-state index in [1.807, 2.05) is 12.1 Å². The number of rotatable bonds is 4. The maximum atomic E-state index is 12.2. The van der Waals surface area contributed by atoms with E-state index in [0.29, 0.717) is 16.4 Å². The molecule has 0 aliphatic rings. The lowest BCUT2D eigenvalue weighted by Gasteiger charge is -2.15. The highest BCUT2D eigenvalue weighted by atomic mass is 35.5. The van der Waals surface area contributed by atoms with Crippen LogP contribution in [-0.2, 0) is 4.79 Å². The maximum Gasteiger partial charge on any atom is 0.254 e. The normalized spacial score (nSPS) is 13.7. The Morgan fingerprint density at radius 2 is 2.00 bits per heavy atom. The summed E-state index contributed by atoms with van der Waals surface area (Å²) in [6.45, 7) is 1.80. The van der Waals surface area contributed by atoms with E-state index in [1.54, 1.807) is 43.3 Å². The van der Waals surface area contributed by atoms with Gasteiger partial charge in [0, 0.05) is 5.02 Å². The average molecular weight is 330 g/mol. The first kappa shape index (κ1) is 15.5. The first-order valence-electron chi connectivity index (χ1n) is 7.23. The number of benzene rings is 2. The van der Waals surface area contributed by atoms with Crippen molar-refractivity contribution >= 4 is 28.5 Å². The SMILES string of the molecule is C[C@H](NC(=O)[C@@H](O)c1ccccc1)c1nc2ccc(Cl)cc2[nH]1. The number of nitrogens with zero attached hydrogens (tertiary/aromatic N) is 1. The van der Waals surface area contributed by atoms with E-state index in [0.717, 1.165) is 11.0 Å². The Kier molecular flexibility index (Phi) is 4.32. The molecule has 3 aromatic rings. The van der Waals surface area contributed by atoms with Crippen LogP contribution in [0.4, 0.5) is 0 Å². The number of halogens is 1. The van der Waals surface area contributed by atoms with Crippen LogP contribution < -0.4 is 5.32 Å². The van der Waals surface area contributed by atoms with Gasteiger partial charge in [-0.3, -0.25) is 4.79 Å². The molecule has 0 saturated heterocycles. The fourth-order valence-electron chi connectivity index (χ4n) is 2.35. The zero-order valence-electron chi connectivity index (χ0n) is 12.5. The summed E-state index contributed by atoms with van der Waals surface area (Å²) in [6, 6.07) is 13.8. The molecular formula is C17H16ClN3O2. The first-order valence-corrected chi connectivity index (χ1v) is 7.61. The molecule has 0 unspecified atom stereocenters. The lowest BCUT2D eigenvalue weighted by atomic mass is 10.1. The van der Waals surface area contributed by atoms with Crippen molar-refractivity contribution in [2.45, 2.75) is 19.1 Å². The van der Waals surface area contributed by atoms with Crippen molar-refractivity contribution in [2.24, 2.45) is 0 Å². The molecule has 0 saturated carbocycles. The van der Waals surface area contributed by atoms with E-state index in [-0.39, 0.29) is 6.04 Å². The summed E-state index contributed by atoms with van der Waals surface area (Å²) < 4.78 is 0. The molecule has 3 N–H and O–H groups in total. The zero-order valence-corrected chi connectivity index (χ0v) is 13.2. The number of nitrogens with one attached hydrogen (secondary N) is 2. The second-order valence-corrected chi connectivity index (χ2v) is 5.76. The Morgan fingerprint density at radius 3 is 2.74 bits per heavy atom. The van der Waals surface area contributed by atoms with E-state index >= 15 is 0 Å². The van der Waals surface area contributed by atoms with Crippen LogP contribution in [0.2, 0.25) is 5.02 Å². The van der Waals surface area contributed by atoms with Gasteiger partial charge in [-0.1, -0.05) is 41.9 Å². The molecule has 1 amide bonds. The summed E-state index contributed by atoms with van der Waals surface area (Å²) in [6.07, 6.45) is -1.21. The van der Waals surface area contributed by atoms with Gasteiger partial charge in [-0.2, -0.15) is 0 Å². The lowest BCUT2D eigenvalue weighted by molar-refractivity contribution is -0.130. The number of hydrogen-bond acceptors (Lipinski definition) is 3. The minimum absolute atomic E-state index is 0.368. The molecule has 0 radical (unpaired) electrons. The van der Waals surface area contributed by atoms with Gasteiger partial charge in [0.2, 0.25) is 0 Å². The van der Waals surface area contributed by atoms with Crippen molar-refractivity contribution in [2.75, 3.05) is 0 Å². The van der Waals surface area contributed by atoms with Crippen molar-refractivity contribution in [3.63, 3.8) is 0 Å². The van der Waals surface area contributed by atoms with Gasteiger partial charge in [-0.25, -0.2) is 4.98 Å². The predicted octanol–water partition coefficient (Wildman–Crippen LogP) is 3.13. The molecule has 118 valence electrons. The highest BCUT2D eigenvalue weighted by Gasteiger charge is 2.20. The van der Waals surface area contributed by atoms with E-state index in [2.05, 4.69) is 15.3 Å². The molecule has 0 fully saturated rings. The first-order chi connectivity index (χ1) is 11.0. The predicted molar refractivity (Wildman–Crippen MR) is 89.1 cm³/mol. The van der Waals surface area contributed by atoms with Crippen LogP contribution in [0.25, 0.3) is 11.0 Å². The average Bonchev–Trinajstić information content (AvgIpc) is 2.98. The highest BCUT2D eigenvalue weighted by molar-refractivity contribution is 6.31. The quantitative estimate of drug-likeness (QED) is 0.688. The number of fused-ring (bicyclic) bond motifs is 1. The summed E-state index contributed by atoms with van der Waals surface area (Å²) in [7, 11) is 0. The van der Waals surface area contributed by atoms with Gasteiger partial charge in [-0.05, 0) is 30.7 Å². The number of aliphatic hydroxyl groups is 1. The smallest absolute Gasteiger partial charge is 0.254 e. The van der Waals surface area contributed by atoms with Gasteiger partial charge in [0.1, 0.15) is 5.82 Å². The number of amides is 1. The van der Waals surface area contributed by atoms with Gasteiger partial charge in [0.25, 0.3) is 5.91 Å². The van der Waals surface area contributed by atoms with E-state index in [4.69, 9.17) is 11.6 Å². The standard InChI is InChI=1S/C17H16ClN3O2/c1-10(16-20-13-8-7-12(18)9-14(13)21-16)19-17(23)15(22)11-5-3-2-4-6-11/h2-10,15,22H,1H3,(H,19,23)(H,20,21)/t10-,15-/m0/s1. The van der Waals surface area contributed by atoms with Crippen LogP contribution in [0.15, 0.2) is 48.5 Å². The molecule has 0 aliphatic heterocycles. The van der Waals surface area contributed by atoms with Crippen LogP contribution in [0.3, 0.4) is 0 Å². The topological polar surface area (TPSA) is 78.0 Å². The molecule has 1 heterocycles. The second-order valence-electron chi connectivity index (χ2n) is 5.33. The van der Waals surface area contributed by atoms with Crippen molar-refractivity contribution in [1.82, 2.24) is 15.3 Å². The van der Waals surface area contributed by atoms with Gasteiger partial charge in [0.05, 0.1) is 17.1 Å². The number of aromatic amines is 1. The minimum atomic E-state index is -1.21. The van der Waals surface area contributed by atoms with Crippen molar-refractivity contribution < 1.29 is 9.90 Å². The summed E-state index contributed by atoms with van der Waals surface area (Å²) in [5, 5.41) is 13.5. The number of aromatic nitrogens is 2. The largest absolute Gasteiger partial charge is 0.378 e. The highest BCUT2D eigenvalue weighted by Crippen LogP contribution is 2.20. The number of carbonyl (C=O) groups excluding carboxylic acids is 1. The molecule has 2 aromatic carbocycles. The van der Waals surface area contributed by atoms with Gasteiger partial charge >= 0.3 is 0 Å². The van der Waals surface area contributed by atoms with Crippen molar-refractivity contribution in [3.05, 3.63) is 64.9 Å². The number of aliphatic hydroxyl groups excluding tert-OH is 1. The van der Waals surface area contributed by atoms with Crippen molar-refractivity contribution in [3.8, 4) is 0 Å². The Morgan fingerprint density at radius 1 is 1.26 bits per heavy atom. The van der Waals surface area contributed by atoms with Crippen LogP contribution in [0.1, 0.15) is 30.5 Å². The third-order valence-electron chi connectivity index (χ3n) is 3.59. The Bertz CT molecular complexity index is 832. The van der Waals surface area contributed by atoms with E-state index < -0.39 is 12.0 Å². The fraction of sp³-hybridized carbons (Fsp3) is 0.176. The summed E-state index contributed by atoms with van der Waals surface area (Å²) in [4.78, 5) is 19.7. The van der Waals surface area contributed by atoms with E-state index in [9.17, 15) is 9.90 Å². The third-order valence-corrected chi connectivity index (χ3v) is 3.83. The Balaban J connectivity index is 1.74. The Hall–Kier alpha value is -2.37. The minimum Gasteiger partial charge on any atom is -0.378 e. The summed E-state index contributed by atoms with van der Waals surface area (Å²) in [5.74, 6) is 0.137. The van der Waals surface area contributed by atoms with Crippen LogP contribution in [0, 0.1) is 0 Å². The number of carbonyl (C=O) groups is 1. The molecule has 5 nitrogen and oxygen atoms in total.